The van der Waals surface area contributed by atoms with Gasteiger partial charge in [0.2, 0.25) is 0 Å². The Morgan fingerprint density at radius 1 is 0.340 bits per heavy atom. The summed E-state index contributed by atoms with van der Waals surface area (Å²) in [4.78, 5) is 10.3. The standard InChI is InChI=1S/C46H28N2O2/c1-3-12-29(13-4-1)30-22-24-31(25-23-30)39-28-40(48-46(47-39)32-14-5-2-6-15-32)37-27-26-36(45-43(37)38-17-8-10-21-42(38)50-45)35-19-11-18-34-33-16-7-9-20-41(33)49-44(34)35/h1-28H. The fraction of sp³-hybridized carbons (Fsp3) is 0. The highest BCUT2D eigenvalue weighted by atomic mass is 16.3. The molecule has 3 aromatic heterocycles. The molecule has 0 aliphatic carbocycles. The second-order valence-electron chi connectivity index (χ2n) is 12.5. The van der Waals surface area contributed by atoms with Gasteiger partial charge in [0.25, 0.3) is 0 Å². The molecule has 0 N–H and O–H groups in total. The van der Waals surface area contributed by atoms with Crippen molar-refractivity contribution >= 4 is 43.9 Å². The summed E-state index contributed by atoms with van der Waals surface area (Å²) in [5.74, 6) is 0.669. The molecule has 0 atom stereocenters. The van der Waals surface area contributed by atoms with Crippen molar-refractivity contribution in [1.82, 2.24) is 9.97 Å². The summed E-state index contributed by atoms with van der Waals surface area (Å²) >= 11 is 0. The van der Waals surface area contributed by atoms with Crippen LogP contribution in [0.4, 0.5) is 0 Å². The van der Waals surface area contributed by atoms with Crippen LogP contribution < -0.4 is 0 Å². The summed E-state index contributed by atoms with van der Waals surface area (Å²) in [7, 11) is 0. The third-order valence-corrected chi connectivity index (χ3v) is 9.54. The van der Waals surface area contributed by atoms with Crippen molar-refractivity contribution in [3.63, 3.8) is 0 Å². The van der Waals surface area contributed by atoms with Gasteiger partial charge in [-0.15, -0.1) is 0 Å². The van der Waals surface area contributed by atoms with Crippen LogP contribution in [0.3, 0.4) is 0 Å². The lowest BCUT2D eigenvalue weighted by atomic mass is 9.95. The topological polar surface area (TPSA) is 52.1 Å². The van der Waals surface area contributed by atoms with E-state index in [-0.39, 0.29) is 0 Å². The minimum absolute atomic E-state index is 0.669. The van der Waals surface area contributed by atoms with Gasteiger partial charge in [-0.05, 0) is 35.4 Å². The summed E-state index contributed by atoms with van der Waals surface area (Å²) in [6.45, 7) is 0. The number of para-hydroxylation sites is 3. The Morgan fingerprint density at radius 3 is 1.66 bits per heavy atom. The highest BCUT2D eigenvalue weighted by Gasteiger charge is 2.22. The maximum Gasteiger partial charge on any atom is 0.160 e. The minimum atomic E-state index is 0.669. The van der Waals surface area contributed by atoms with E-state index >= 15 is 0 Å². The van der Waals surface area contributed by atoms with Crippen molar-refractivity contribution in [3.05, 3.63) is 170 Å². The van der Waals surface area contributed by atoms with E-state index in [0.717, 1.165) is 88.6 Å². The highest BCUT2D eigenvalue weighted by molar-refractivity contribution is 6.18. The fourth-order valence-electron chi connectivity index (χ4n) is 7.13. The summed E-state index contributed by atoms with van der Waals surface area (Å²) < 4.78 is 13.2. The third kappa shape index (κ3) is 4.61. The first-order valence-corrected chi connectivity index (χ1v) is 16.7. The molecule has 0 aliphatic rings. The number of aromatic nitrogens is 2. The SMILES string of the molecule is c1ccc(-c2ccc(-c3cc(-c4ccc(-c5cccc6c5oc5ccccc56)c5oc6ccccc6c45)nc(-c4ccccc4)n3)cc2)cc1. The third-order valence-electron chi connectivity index (χ3n) is 9.54. The molecule has 7 aromatic carbocycles. The molecule has 0 fully saturated rings. The predicted molar refractivity (Wildman–Crippen MR) is 204 cm³/mol. The Balaban J connectivity index is 1.20. The lowest BCUT2D eigenvalue weighted by Crippen LogP contribution is -1.96. The Kier molecular flexibility index (Phi) is 6.46. The van der Waals surface area contributed by atoms with Gasteiger partial charge in [0.15, 0.2) is 5.82 Å². The molecule has 10 aromatic rings. The maximum absolute atomic E-state index is 6.72. The Labute approximate surface area is 287 Å². The van der Waals surface area contributed by atoms with Gasteiger partial charge >= 0.3 is 0 Å². The molecule has 0 unspecified atom stereocenters. The number of furan rings is 2. The summed E-state index contributed by atoms with van der Waals surface area (Å²) in [5.41, 5.74) is 12.3. The molecule has 4 heteroatoms. The van der Waals surface area contributed by atoms with E-state index in [1.165, 1.54) is 5.56 Å². The van der Waals surface area contributed by atoms with Crippen LogP contribution in [0.15, 0.2) is 179 Å². The van der Waals surface area contributed by atoms with Crippen LogP contribution in [0.25, 0.3) is 100 Å². The van der Waals surface area contributed by atoms with Gasteiger partial charge in [0.1, 0.15) is 22.3 Å². The first kappa shape index (κ1) is 28.3. The van der Waals surface area contributed by atoms with Gasteiger partial charge in [0, 0.05) is 49.4 Å². The van der Waals surface area contributed by atoms with Crippen molar-refractivity contribution in [3.8, 4) is 56.2 Å². The van der Waals surface area contributed by atoms with Crippen molar-refractivity contribution in [1.29, 1.82) is 0 Å². The molecule has 0 radical (unpaired) electrons. The van der Waals surface area contributed by atoms with Crippen molar-refractivity contribution in [2.24, 2.45) is 0 Å². The van der Waals surface area contributed by atoms with Gasteiger partial charge in [-0.25, -0.2) is 9.97 Å². The lowest BCUT2D eigenvalue weighted by Gasteiger charge is -2.12. The Bertz CT molecular complexity index is 2850. The molecule has 4 nitrogen and oxygen atoms in total. The van der Waals surface area contributed by atoms with Gasteiger partial charge in [-0.2, -0.15) is 0 Å². The molecule has 0 aliphatic heterocycles. The van der Waals surface area contributed by atoms with E-state index in [1.54, 1.807) is 0 Å². The van der Waals surface area contributed by atoms with E-state index in [0.29, 0.717) is 5.82 Å². The van der Waals surface area contributed by atoms with Crippen LogP contribution in [-0.4, -0.2) is 9.97 Å². The molecule has 3 heterocycles. The van der Waals surface area contributed by atoms with E-state index < -0.39 is 0 Å². The van der Waals surface area contributed by atoms with E-state index in [1.807, 2.05) is 54.6 Å². The second-order valence-corrected chi connectivity index (χ2v) is 12.5. The number of rotatable bonds is 5. The zero-order valence-corrected chi connectivity index (χ0v) is 26.9. The highest BCUT2D eigenvalue weighted by Crippen LogP contribution is 2.44. The van der Waals surface area contributed by atoms with Crippen LogP contribution in [0, 0.1) is 0 Å². The molecule has 10 rings (SSSR count). The van der Waals surface area contributed by atoms with E-state index in [4.69, 9.17) is 18.8 Å². The fourth-order valence-corrected chi connectivity index (χ4v) is 7.13. The lowest BCUT2D eigenvalue weighted by molar-refractivity contribution is 0.665. The van der Waals surface area contributed by atoms with Crippen LogP contribution in [0.1, 0.15) is 0 Å². The average molecular weight is 641 g/mol. The predicted octanol–water partition coefficient (Wildman–Crippen LogP) is 12.6. The van der Waals surface area contributed by atoms with Gasteiger partial charge in [0.05, 0.1) is 11.4 Å². The Morgan fingerprint density at radius 2 is 0.880 bits per heavy atom. The van der Waals surface area contributed by atoms with Crippen molar-refractivity contribution < 1.29 is 8.83 Å². The molecule has 0 bridgehead atoms. The number of fused-ring (bicyclic) bond motifs is 6. The summed E-state index contributed by atoms with van der Waals surface area (Å²) in [6.07, 6.45) is 0. The molecule has 0 spiro atoms. The molecular formula is C46H28N2O2. The number of nitrogens with zero attached hydrogens (tertiary/aromatic N) is 2. The zero-order chi connectivity index (χ0) is 33.0. The van der Waals surface area contributed by atoms with Gasteiger partial charge < -0.3 is 8.83 Å². The van der Waals surface area contributed by atoms with Crippen molar-refractivity contribution in [2.45, 2.75) is 0 Å². The molecule has 0 saturated heterocycles. The number of hydrogen-bond donors (Lipinski definition) is 0. The first-order valence-electron chi connectivity index (χ1n) is 16.7. The molecule has 50 heavy (non-hydrogen) atoms. The van der Waals surface area contributed by atoms with E-state index in [9.17, 15) is 0 Å². The smallest absolute Gasteiger partial charge is 0.160 e. The summed E-state index contributed by atoms with van der Waals surface area (Å²) in [6, 6.07) is 58.3. The first-order chi connectivity index (χ1) is 24.8. The number of benzene rings is 7. The van der Waals surface area contributed by atoms with Crippen LogP contribution in [0.5, 0.6) is 0 Å². The normalized spacial score (nSPS) is 11.6. The van der Waals surface area contributed by atoms with Crippen molar-refractivity contribution in [2.75, 3.05) is 0 Å². The van der Waals surface area contributed by atoms with Crippen LogP contribution in [0.2, 0.25) is 0 Å². The van der Waals surface area contributed by atoms with Gasteiger partial charge in [-0.3, -0.25) is 0 Å². The quantitative estimate of drug-likeness (QED) is 0.188. The maximum atomic E-state index is 6.72. The van der Waals surface area contributed by atoms with Crippen LogP contribution >= 0.6 is 0 Å². The minimum Gasteiger partial charge on any atom is -0.455 e. The second kappa shape index (κ2) is 11.4. The average Bonchev–Trinajstić information content (AvgIpc) is 3.78. The Hall–Kier alpha value is -6.78. The van der Waals surface area contributed by atoms with Gasteiger partial charge in [-0.1, -0.05) is 146 Å². The largest absolute Gasteiger partial charge is 0.455 e. The van der Waals surface area contributed by atoms with Crippen LogP contribution in [-0.2, 0) is 0 Å². The molecular weight excluding hydrogens is 613 g/mol. The molecule has 234 valence electrons. The number of hydrogen-bond acceptors (Lipinski definition) is 4. The van der Waals surface area contributed by atoms with E-state index in [2.05, 4.69) is 115 Å². The monoisotopic (exact) mass is 640 g/mol. The summed E-state index contributed by atoms with van der Waals surface area (Å²) in [5, 5.41) is 4.22. The zero-order valence-electron chi connectivity index (χ0n) is 26.9. The molecule has 0 amide bonds. The molecule has 0 saturated carbocycles.